The highest BCUT2D eigenvalue weighted by molar-refractivity contribution is 6.34. The van der Waals surface area contributed by atoms with Crippen LogP contribution in [0, 0.1) is 18.8 Å². The number of benzene rings is 2. The van der Waals surface area contributed by atoms with Crippen molar-refractivity contribution in [2.45, 2.75) is 57.0 Å². The third-order valence-electron chi connectivity index (χ3n) is 8.91. The van der Waals surface area contributed by atoms with Gasteiger partial charge in [-0.15, -0.1) is 13.2 Å². The monoisotopic (exact) mass is 591 g/mol. The number of halogens is 1. The van der Waals surface area contributed by atoms with Gasteiger partial charge < -0.3 is 24.5 Å². The normalized spacial score (nSPS) is 26.6. The molecule has 2 unspecified atom stereocenters. The standard InChI is InChI=1S/C33H38ClN3O5/c1-5-17-35(19-23-12-8-7-9-13-23)30(39)26-25-15-16-33(42-25)27(26)31(40)37(22(4)20-38)29(33)32(41)36(18-6-2)28-21(3)11-10-14-24(28)34/h5-14,22,25-27,29,38H,1-2,15-20H2,3-4H3/t22-,25+,26-,27+,29?,33?/m1/s1. The number of ether oxygens (including phenoxy) is 1. The number of fused-ring (bicyclic) bond motifs is 1. The van der Waals surface area contributed by atoms with Crippen LogP contribution >= 0.6 is 11.6 Å². The number of nitrogens with zero attached hydrogens (tertiary/aromatic N) is 3. The summed E-state index contributed by atoms with van der Waals surface area (Å²) in [5, 5.41) is 10.6. The van der Waals surface area contributed by atoms with Crippen molar-refractivity contribution in [1.29, 1.82) is 0 Å². The minimum Gasteiger partial charge on any atom is -0.394 e. The van der Waals surface area contributed by atoms with Crippen molar-refractivity contribution in [2.24, 2.45) is 11.8 Å². The van der Waals surface area contributed by atoms with Gasteiger partial charge in [-0.25, -0.2) is 0 Å². The first-order valence-corrected chi connectivity index (χ1v) is 14.8. The average molecular weight is 592 g/mol. The second kappa shape index (κ2) is 12.0. The average Bonchev–Trinajstić information content (AvgIpc) is 3.63. The molecule has 1 spiro atoms. The highest BCUT2D eigenvalue weighted by Gasteiger charge is 2.75. The Morgan fingerprint density at radius 2 is 1.86 bits per heavy atom. The van der Waals surface area contributed by atoms with Crippen molar-refractivity contribution in [3.63, 3.8) is 0 Å². The number of likely N-dealkylation sites (tertiary alicyclic amines) is 1. The summed E-state index contributed by atoms with van der Waals surface area (Å²) < 4.78 is 6.63. The quantitative estimate of drug-likeness (QED) is 0.397. The lowest BCUT2D eigenvalue weighted by Gasteiger charge is -2.39. The molecular weight excluding hydrogens is 554 g/mol. The molecule has 2 aromatic carbocycles. The molecule has 222 valence electrons. The van der Waals surface area contributed by atoms with Crippen molar-refractivity contribution >= 4 is 35.0 Å². The summed E-state index contributed by atoms with van der Waals surface area (Å²) in [6, 6.07) is 13.3. The summed E-state index contributed by atoms with van der Waals surface area (Å²) in [5.74, 6) is -2.52. The molecule has 3 aliphatic rings. The molecule has 3 heterocycles. The van der Waals surface area contributed by atoms with E-state index >= 15 is 0 Å². The zero-order valence-electron chi connectivity index (χ0n) is 24.1. The highest BCUT2D eigenvalue weighted by Crippen LogP contribution is 2.59. The van der Waals surface area contributed by atoms with Gasteiger partial charge in [-0.1, -0.05) is 66.2 Å². The van der Waals surface area contributed by atoms with Gasteiger partial charge in [0.1, 0.15) is 11.6 Å². The minimum absolute atomic E-state index is 0.159. The molecule has 1 N–H and O–H groups in total. The summed E-state index contributed by atoms with van der Waals surface area (Å²) >= 11 is 6.61. The molecule has 42 heavy (non-hydrogen) atoms. The zero-order valence-corrected chi connectivity index (χ0v) is 24.9. The molecule has 3 amide bonds. The molecule has 3 fully saturated rings. The molecule has 8 nitrogen and oxygen atoms in total. The smallest absolute Gasteiger partial charge is 0.253 e. The van der Waals surface area contributed by atoms with E-state index in [1.54, 1.807) is 34.9 Å². The van der Waals surface area contributed by atoms with Gasteiger partial charge in [-0.3, -0.25) is 14.4 Å². The molecule has 2 aromatic rings. The van der Waals surface area contributed by atoms with E-state index in [9.17, 15) is 19.5 Å². The molecule has 0 aromatic heterocycles. The summed E-state index contributed by atoms with van der Waals surface area (Å²) in [5.41, 5.74) is 1.09. The third kappa shape index (κ3) is 4.85. The number of carbonyl (C=O) groups excluding carboxylic acids is 3. The molecule has 9 heteroatoms. The lowest BCUT2D eigenvalue weighted by Crippen LogP contribution is -2.58. The number of para-hydroxylation sites is 1. The van der Waals surface area contributed by atoms with Crippen molar-refractivity contribution in [2.75, 3.05) is 24.6 Å². The van der Waals surface area contributed by atoms with E-state index in [1.807, 2.05) is 49.4 Å². The van der Waals surface area contributed by atoms with Gasteiger partial charge in [-0.05, 0) is 43.9 Å². The van der Waals surface area contributed by atoms with Gasteiger partial charge in [0, 0.05) is 19.6 Å². The molecule has 3 saturated heterocycles. The largest absolute Gasteiger partial charge is 0.394 e. The van der Waals surface area contributed by atoms with Gasteiger partial charge in [0.05, 0.1) is 41.3 Å². The molecule has 0 aliphatic carbocycles. The Kier molecular flexibility index (Phi) is 8.60. The fraction of sp³-hybridized carbons (Fsp3) is 0.424. The maximum atomic E-state index is 14.7. The van der Waals surface area contributed by atoms with Crippen LogP contribution in [0.25, 0.3) is 0 Å². The van der Waals surface area contributed by atoms with Crippen LogP contribution in [0.2, 0.25) is 5.02 Å². The Bertz CT molecular complexity index is 1360. The Labute approximate surface area is 252 Å². The number of rotatable bonds is 11. The number of hydrogen-bond donors (Lipinski definition) is 1. The fourth-order valence-corrected chi connectivity index (χ4v) is 7.47. The van der Waals surface area contributed by atoms with Crippen molar-refractivity contribution < 1.29 is 24.2 Å². The van der Waals surface area contributed by atoms with Crippen LogP contribution in [0.1, 0.15) is 30.9 Å². The molecule has 0 radical (unpaired) electrons. The summed E-state index contributed by atoms with van der Waals surface area (Å²) in [6.45, 7) is 11.8. The van der Waals surface area contributed by atoms with Crippen molar-refractivity contribution in [3.8, 4) is 0 Å². The van der Waals surface area contributed by atoms with Gasteiger partial charge in [0.15, 0.2) is 0 Å². The van der Waals surface area contributed by atoms with E-state index < -0.39 is 35.6 Å². The first kappa shape index (κ1) is 30.0. The second-order valence-electron chi connectivity index (χ2n) is 11.5. The molecule has 5 rings (SSSR count). The first-order valence-electron chi connectivity index (χ1n) is 14.4. The van der Waals surface area contributed by atoms with Crippen molar-refractivity contribution in [1.82, 2.24) is 9.80 Å². The molecule has 6 atom stereocenters. The van der Waals surface area contributed by atoms with Crippen LogP contribution in [0.3, 0.4) is 0 Å². The summed E-state index contributed by atoms with van der Waals surface area (Å²) in [4.78, 5) is 47.9. The number of aliphatic hydroxyl groups is 1. The van der Waals surface area contributed by atoms with E-state index in [-0.39, 0.29) is 30.9 Å². The van der Waals surface area contributed by atoms with Gasteiger partial charge >= 0.3 is 0 Å². The number of anilines is 1. The maximum absolute atomic E-state index is 14.7. The Morgan fingerprint density at radius 1 is 1.14 bits per heavy atom. The van der Waals surface area contributed by atoms with Crippen LogP contribution in [-0.2, 0) is 25.7 Å². The topological polar surface area (TPSA) is 90.4 Å². The highest BCUT2D eigenvalue weighted by atomic mass is 35.5. The predicted molar refractivity (Wildman–Crippen MR) is 162 cm³/mol. The van der Waals surface area contributed by atoms with E-state index in [0.29, 0.717) is 36.6 Å². The number of amides is 3. The van der Waals surface area contributed by atoms with E-state index in [1.165, 1.54) is 4.90 Å². The fourth-order valence-electron chi connectivity index (χ4n) is 7.15. The van der Waals surface area contributed by atoms with Gasteiger partial charge in [-0.2, -0.15) is 0 Å². The second-order valence-corrected chi connectivity index (χ2v) is 11.9. The Hall–Kier alpha value is -3.46. The SMILES string of the molecule is C=CCN(Cc1ccccc1)C(=O)[C@@H]1[C@@H]2CCC3(O2)C(C(=O)N(CC=C)c2c(C)cccc2Cl)N([C@H](C)CO)C(=O)[C@H]13. The van der Waals surface area contributed by atoms with Crippen LogP contribution in [0.5, 0.6) is 0 Å². The summed E-state index contributed by atoms with van der Waals surface area (Å²) in [7, 11) is 0. The minimum atomic E-state index is -1.20. The lowest BCUT2D eigenvalue weighted by molar-refractivity contribution is -0.147. The van der Waals surface area contributed by atoms with Crippen LogP contribution < -0.4 is 4.90 Å². The number of aryl methyl sites for hydroxylation is 1. The lowest BCUT2D eigenvalue weighted by atomic mass is 9.70. The number of aliphatic hydroxyl groups excluding tert-OH is 1. The van der Waals surface area contributed by atoms with Crippen molar-refractivity contribution in [3.05, 3.63) is 90.0 Å². The Morgan fingerprint density at radius 3 is 2.50 bits per heavy atom. The first-order chi connectivity index (χ1) is 20.2. The van der Waals surface area contributed by atoms with Gasteiger partial charge in [0.25, 0.3) is 5.91 Å². The molecule has 3 aliphatic heterocycles. The third-order valence-corrected chi connectivity index (χ3v) is 9.21. The Balaban J connectivity index is 1.56. The molecule has 0 saturated carbocycles. The van der Waals surface area contributed by atoms with Crippen LogP contribution in [-0.4, -0.2) is 76.1 Å². The predicted octanol–water partition coefficient (Wildman–Crippen LogP) is 4.14. The molecule has 2 bridgehead atoms. The van der Waals surface area contributed by atoms with Crippen LogP contribution in [0.4, 0.5) is 5.69 Å². The van der Waals surface area contributed by atoms with E-state index in [2.05, 4.69) is 13.2 Å². The number of hydrogen-bond acceptors (Lipinski definition) is 5. The van der Waals surface area contributed by atoms with E-state index in [4.69, 9.17) is 16.3 Å². The van der Waals surface area contributed by atoms with Gasteiger partial charge in [0.2, 0.25) is 11.8 Å². The number of carbonyl (C=O) groups is 3. The maximum Gasteiger partial charge on any atom is 0.253 e. The summed E-state index contributed by atoms with van der Waals surface area (Å²) in [6.07, 6.45) is 3.79. The zero-order chi connectivity index (χ0) is 30.2. The molecular formula is C33H38ClN3O5. The van der Waals surface area contributed by atoms with Crippen LogP contribution in [0.15, 0.2) is 73.8 Å². The van der Waals surface area contributed by atoms with E-state index in [0.717, 1.165) is 11.1 Å².